The molecule has 0 radical (unpaired) electrons. The van der Waals surface area contributed by atoms with Crippen LogP contribution in [-0.2, 0) is 4.74 Å². The fourth-order valence-electron chi connectivity index (χ4n) is 3.16. The largest absolute Gasteiger partial charge is 0.369 e. The topological polar surface area (TPSA) is 47.0 Å². The van der Waals surface area contributed by atoms with Crippen molar-refractivity contribution in [1.29, 1.82) is 0 Å². The molecule has 4 nitrogen and oxygen atoms in total. The van der Waals surface area contributed by atoms with E-state index in [9.17, 15) is 0 Å². The van der Waals surface area contributed by atoms with Crippen molar-refractivity contribution in [2.24, 2.45) is 5.92 Å². The lowest BCUT2D eigenvalue weighted by molar-refractivity contribution is -0.0778. The molecule has 4 heteroatoms. The molecule has 2 rings (SSSR count). The van der Waals surface area contributed by atoms with E-state index in [0.717, 1.165) is 12.1 Å². The predicted octanol–water partition coefficient (Wildman–Crippen LogP) is 2.33. The lowest BCUT2D eigenvalue weighted by atomic mass is 9.80. The van der Waals surface area contributed by atoms with Crippen molar-refractivity contribution in [3.05, 3.63) is 24.3 Å². The number of hydrogen-bond donors (Lipinski definition) is 1. The Bertz CT molecular complexity index is 403. The van der Waals surface area contributed by atoms with Gasteiger partial charge in [0, 0.05) is 12.1 Å². The van der Waals surface area contributed by atoms with Gasteiger partial charge in [-0.2, -0.15) is 0 Å². The molecule has 1 aliphatic heterocycles. The first-order valence-corrected chi connectivity index (χ1v) is 6.49. The molecule has 1 fully saturated rings. The summed E-state index contributed by atoms with van der Waals surface area (Å²) in [5.74, 6) is 0.396. The second-order valence-corrected chi connectivity index (χ2v) is 6.18. The van der Waals surface area contributed by atoms with Gasteiger partial charge in [-0.1, -0.05) is 0 Å². The zero-order valence-electron chi connectivity index (χ0n) is 11.9. The summed E-state index contributed by atoms with van der Waals surface area (Å²) < 4.78 is 6.17. The van der Waals surface area contributed by atoms with E-state index in [2.05, 4.69) is 43.0 Å². The summed E-state index contributed by atoms with van der Waals surface area (Å²) in [6.07, 6.45) is 4.42. The summed E-state index contributed by atoms with van der Waals surface area (Å²) in [7, 11) is 1.98. The van der Waals surface area contributed by atoms with Gasteiger partial charge in [-0.15, -0.1) is 0 Å². The van der Waals surface area contributed by atoms with Gasteiger partial charge in [-0.05, 0) is 47.2 Å². The van der Waals surface area contributed by atoms with Crippen molar-refractivity contribution in [3.8, 4) is 0 Å². The molecule has 0 bridgehead atoms. The lowest BCUT2D eigenvalue weighted by Crippen LogP contribution is -2.37. The number of rotatable bonds is 3. The SMILES string of the molecule is CNC(c1ccncn1)C1CC(C)(C)OC1(C)C. The summed E-state index contributed by atoms with van der Waals surface area (Å²) in [4.78, 5) is 8.36. The Labute approximate surface area is 109 Å². The molecule has 100 valence electrons. The molecule has 2 unspecified atom stereocenters. The van der Waals surface area contributed by atoms with Gasteiger partial charge >= 0.3 is 0 Å². The third kappa shape index (κ3) is 2.54. The van der Waals surface area contributed by atoms with E-state index in [1.54, 1.807) is 12.5 Å². The third-order valence-corrected chi connectivity index (χ3v) is 3.78. The van der Waals surface area contributed by atoms with E-state index in [1.807, 2.05) is 13.1 Å². The average Bonchev–Trinajstić information content (AvgIpc) is 2.50. The molecule has 0 amide bonds. The van der Waals surface area contributed by atoms with Gasteiger partial charge in [0.25, 0.3) is 0 Å². The molecular weight excluding hydrogens is 226 g/mol. The fraction of sp³-hybridized carbons (Fsp3) is 0.714. The van der Waals surface area contributed by atoms with Crippen LogP contribution in [0.4, 0.5) is 0 Å². The smallest absolute Gasteiger partial charge is 0.115 e. The molecule has 0 spiro atoms. The van der Waals surface area contributed by atoms with Crippen LogP contribution >= 0.6 is 0 Å². The summed E-state index contributed by atoms with van der Waals surface area (Å²) in [5, 5.41) is 3.38. The highest BCUT2D eigenvalue weighted by molar-refractivity contribution is 5.11. The first-order valence-electron chi connectivity index (χ1n) is 6.49. The zero-order valence-corrected chi connectivity index (χ0v) is 11.9. The quantitative estimate of drug-likeness (QED) is 0.893. The molecule has 1 saturated heterocycles. The molecule has 1 N–H and O–H groups in total. The first kappa shape index (κ1) is 13.4. The van der Waals surface area contributed by atoms with Crippen LogP contribution < -0.4 is 5.32 Å². The predicted molar refractivity (Wildman–Crippen MR) is 71.2 cm³/mol. The summed E-state index contributed by atoms with van der Waals surface area (Å²) in [6, 6.07) is 2.17. The van der Waals surface area contributed by atoms with Gasteiger partial charge in [-0.25, -0.2) is 9.97 Å². The highest BCUT2D eigenvalue weighted by atomic mass is 16.5. The van der Waals surface area contributed by atoms with Crippen LogP contribution in [0.5, 0.6) is 0 Å². The summed E-state index contributed by atoms with van der Waals surface area (Å²) in [6.45, 7) is 8.64. The zero-order chi connectivity index (χ0) is 13.4. The number of ether oxygens (including phenoxy) is 1. The number of nitrogens with zero attached hydrogens (tertiary/aromatic N) is 2. The second-order valence-electron chi connectivity index (χ2n) is 6.18. The van der Waals surface area contributed by atoms with Crippen molar-refractivity contribution in [3.63, 3.8) is 0 Å². The maximum Gasteiger partial charge on any atom is 0.115 e. The molecule has 2 atom stereocenters. The van der Waals surface area contributed by atoms with E-state index in [1.165, 1.54) is 0 Å². The number of hydrogen-bond acceptors (Lipinski definition) is 4. The van der Waals surface area contributed by atoms with Gasteiger partial charge in [-0.3, -0.25) is 0 Å². The molecule has 1 aromatic heterocycles. The van der Waals surface area contributed by atoms with Crippen molar-refractivity contribution < 1.29 is 4.74 Å². The molecule has 1 aliphatic rings. The molecular formula is C14H23N3O. The molecule has 0 aliphatic carbocycles. The Kier molecular flexibility index (Phi) is 3.43. The lowest BCUT2D eigenvalue weighted by Gasteiger charge is -2.32. The minimum Gasteiger partial charge on any atom is -0.369 e. The molecule has 18 heavy (non-hydrogen) atoms. The highest BCUT2D eigenvalue weighted by Crippen LogP contribution is 2.47. The van der Waals surface area contributed by atoms with Crippen LogP contribution in [0.15, 0.2) is 18.6 Å². The minimum atomic E-state index is -0.151. The monoisotopic (exact) mass is 249 g/mol. The molecule has 1 aromatic rings. The Balaban J connectivity index is 2.29. The van der Waals surface area contributed by atoms with E-state index >= 15 is 0 Å². The molecule has 0 aromatic carbocycles. The van der Waals surface area contributed by atoms with Gasteiger partial charge in [0.15, 0.2) is 0 Å². The van der Waals surface area contributed by atoms with Crippen LogP contribution in [0.2, 0.25) is 0 Å². The van der Waals surface area contributed by atoms with Crippen LogP contribution in [0.1, 0.15) is 45.9 Å². The standard InChI is InChI=1S/C14H23N3O/c1-13(2)8-10(14(3,4)18-13)12(15-5)11-6-7-16-9-17-11/h6-7,9-10,12,15H,8H2,1-5H3. The van der Waals surface area contributed by atoms with Crippen molar-refractivity contribution >= 4 is 0 Å². The fourth-order valence-corrected chi connectivity index (χ4v) is 3.16. The molecule has 0 saturated carbocycles. The Hall–Kier alpha value is -1.00. The second kappa shape index (κ2) is 4.59. The maximum atomic E-state index is 6.17. The Morgan fingerprint density at radius 3 is 2.56 bits per heavy atom. The normalized spacial score (nSPS) is 27.1. The van der Waals surface area contributed by atoms with Gasteiger partial charge in [0.2, 0.25) is 0 Å². The highest BCUT2D eigenvalue weighted by Gasteiger charge is 2.49. The van der Waals surface area contributed by atoms with Crippen LogP contribution in [0, 0.1) is 5.92 Å². The third-order valence-electron chi connectivity index (χ3n) is 3.78. The van der Waals surface area contributed by atoms with E-state index < -0.39 is 0 Å². The van der Waals surface area contributed by atoms with Crippen LogP contribution in [-0.4, -0.2) is 28.2 Å². The average molecular weight is 249 g/mol. The number of aromatic nitrogens is 2. The minimum absolute atomic E-state index is 0.0731. The maximum absolute atomic E-state index is 6.17. The van der Waals surface area contributed by atoms with E-state index in [0.29, 0.717) is 5.92 Å². The Morgan fingerprint density at radius 2 is 2.11 bits per heavy atom. The van der Waals surface area contributed by atoms with Gasteiger partial charge < -0.3 is 10.1 Å². The van der Waals surface area contributed by atoms with Gasteiger partial charge in [0.1, 0.15) is 6.33 Å². The van der Waals surface area contributed by atoms with Crippen molar-refractivity contribution in [2.45, 2.75) is 51.4 Å². The summed E-state index contributed by atoms with van der Waals surface area (Å²) in [5.41, 5.74) is 0.810. The van der Waals surface area contributed by atoms with Crippen molar-refractivity contribution in [2.75, 3.05) is 7.05 Å². The molecule has 2 heterocycles. The van der Waals surface area contributed by atoms with E-state index in [4.69, 9.17) is 4.74 Å². The van der Waals surface area contributed by atoms with Crippen molar-refractivity contribution in [1.82, 2.24) is 15.3 Å². The van der Waals surface area contributed by atoms with Gasteiger partial charge in [0.05, 0.1) is 22.9 Å². The Morgan fingerprint density at radius 1 is 1.39 bits per heavy atom. The summed E-state index contributed by atoms with van der Waals surface area (Å²) >= 11 is 0. The first-order chi connectivity index (χ1) is 8.36. The number of nitrogens with one attached hydrogen (secondary N) is 1. The van der Waals surface area contributed by atoms with E-state index in [-0.39, 0.29) is 17.2 Å². The van der Waals surface area contributed by atoms with Crippen LogP contribution in [0.3, 0.4) is 0 Å². The van der Waals surface area contributed by atoms with Crippen LogP contribution in [0.25, 0.3) is 0 Å².